The fraction of sp³-hybridized carbons (Fsp3) is 0.105. The Bertz CT molecular complexity index is 997. The van der Waals surface area contributed by atoms with Crippen molar-refractivity contribution in [2.45, 2.75) is 13.5 Å². The van der Waals surface area contributed by atoms with Crippen LogP contribution in [0.4, 0.5) is 4.39 Å². The van der Waals surface area contributed by atoms with Gasteiger partial charge in [-0.25, -0.2) is 13.9 Å². The maximum absolute atomic E-state index is 13.5. The summed E-state index contributed by atoms with van der Waals surface area (Å²) in [6, 6.07) is 14.7. The van der Waals surface area contributed by atoms with E-state index in [4.69, 9.17) is 0 Å². The van der Waals surface area contributed by atoms with Crippen molar-refractivity contribution in [3.8, 4) is 11.3 Å². The van der Waals surface area contributed by atoms with Gasteiger partial charge in [0.2, 0.25) is 0 Å². The third-order valence-electron chi connectivity index (χ3n) is 3.83. The summed E-state index contributed by atoms with van der Waals surface area (Å²) >= 11 is 0. The molecule has 6 heteroatoms. The Balaban J connectivity index is 2.14. The average molecular weight is 338 g/mol. The number of aryl methyl sites for hydroxylation is 1. The van der Waals surface area contributed by atoms with Crippen molar-refractivity contribution < 1.29 is 14.3 Å². The van der Waals surface area contributed by atoms with Gasteiger partial charge in [0, 0.05) is 5.56 Å². The molecule has 0 aliphatic heterocycles. The van der Waals surface area contributed by atoms with Gasteiger partial charge in [-0.2, -0.15) is 5.10 Å². The van der Waals surface area contributed by atoms with Crippen molar-refractivity contribution in [3.05, 3.63) is 87.5 Å². The Hall–Kier alpha value is -3.28. The molecule has 5 nitrogen and oxygen atoms in total. The average Bonchev–Trinajstić information content (AvgIpc) is 2.60. The quantitative estimate of drug-likeness (QED) is 0.793. The van der Waals surface area contributed by atoms with Crippen LogP contribution in [-0.4, -0.2) is 20.9 Å². The molecule has 0 bridgehead atoms. The van der Waals surface area contributed by atoms with Gasteiger partial charge in [-0.3, -0.25) is 4.79 Å². The van der Waals surface area contributed by atoms with Crippen molar-refractivity contribution in [3.63, 3.8) is 0 Å². The molecule has 0 spiro atoms. The fourth-order valence-corrected chi connectivity index (χ4v) is 2.50. The second-order valence-electron chi connectivity index (χ2n) is 5.66. The molecule has 0 aliphatic rings. The van der Waals surface area contributed by atoms with Crippen LogP contribution in [-0.2, 0) is 6.54 Å². The van der Waals surface area contributed by atoms with E-state index in [9.17, 15) is 19.1 Å². The number of rotatable bonds is 4. The van der Waals surface area contributed by atoms with E-state index in [-0.39, 0.29) is 17.9 Å². The number of hydrogen-bond acceptors (Lipinski definition) is 3. The number of benzene rings is 2. The molecule has 2 aromatic carbocycles. The van der Waals surface area contributed by atoms with E-state index >= 15 is 0 Å². The second-order valence-corrected chi connectivity index (χ2v) is 5.66. The number of halogens is 1. The van der Waals surface area contributed by atoms with Gasteiger partial charge < -0.3 is 5.11 Å². The molecule has 0 aliphatic carbocycles. The molecular weight excluding hydrogens is 323 g/mol. The van der Waals surface area contributed by atoms with Crippen LogP contribution in [0.15, 0.2) is 59.4 Å². The zero-order valence-corrected chi connectivity index (χ0v) is 13.4. The summed E-state index contributed by atoms with van der Waals surface area (Å²) in [5.41, 5.74) is 1.03. The van der Waals surface area contributed by atoms with Gasteiger partial charge >= 0.3 is 5.97 Å². The van der Waals surface area contributed by atoms with E-state index in [2.05, 4.69) is 5.10 Å². The summed E-state index contributed by atoms with van der Waals surface area (Å²) in [5, 5.41) is 13.6. The molecule has 0 unspecified atom stereocenters. The lowest BCUT2D eigenvalue weighted by Gasteiger charge is -2.10. The Morgan fingerprint density at radius 1 is 1.16 bits per heavy atom. The van der Waals surface area contributed by atoms with Crippen molar-refractivity contribution in [2.24, 2.45) is 0 Å². The topological polar surface area (TPSA) is 72.2 Å². The molecule has 1 N–H and O–H groups in total. The molecule has 0 fully saturated rings. The Morgan fingerprint density at radius 2 is 1.88 bits per heavy atom. The molecule has 1 heterocycles. The molecule has 3 rings (SSSR count). The summed E-state index contributed by atoms with van der Waals surface area (Å²) in [4.78, 5) is 23.8. The Morgan fingerprint density at radius 3 is 2.52 bits per heavy atom. The van der Waals surface area contributed by atoms with Crippen molar-refractivity contribution in [1.82, 2.24) is 9.78 Å². The summed E-state index contributed by atoms with van der Waals surface area (Å²) in [5.74, 6) is -1.69. The highest BCUT2D eigenvalue weighted by Crippen LogP contribution is 2.20. The number of carboxylic acid groups (broad SMARTS) is 1. The Labute approximate surface area is 143 Å². The van der Waals surface area contributed by atoms with E-state index in [0.29, 0.717) is 16.8 Å². The van der Waals surface area contributed by atoms with Crippen LogP contribution in [0.2, 0.25) is 0 Å². The zero-order chi connectivity index (χ0) is 18.0. The van der Waals surface area contributed by atoms with Crippen LogP contribution in [0, 0.1) is 12.7 Å². The van der Waals surface area contributed by atoms with Crippen LogP contribution in [0.3, 0.4) is 0 Å². The van der Waals surface area contributed by atoms with Crippen LogP contribution in [0.5, 0.6) is 0 Å². The van der Waals surface area contributed by atoms with Crippen LogP contribution in [0.25, 0.3) is 11.3 Å². The predicted octanol–water partition coefficient (Wildman–Crippen LogP) is 3.10. The standard InChI is InChI=1S/C19H15FN2O3/c1-12-9-14(7-8-16(12)20)17-10-15(19(24)25)18(23)22(21-17)11-13-5-3-2-4-6-13/h2-10H,11H2,1H3,(H,24,25). The predicted molar refractivity (Wildman–Crippen MR) is 91.1 cm³/mol. The lowest BCUT2D eigenvalue weighted by Crippen LogP contribution is -2.29. The van der Waals surface area contributed by atoms with Crippen molar-refractivity contribution >= 4 is 5.97 Å². The Kier molecular flexibility index (Phi) is 4.43. The van der Waals surface area contributed by atoms with Gasteiger partial charge in [0.15, 0.2) is 0 Å². The highest BCUT2D eigenvalue weighted by Gasteiger charge is 2.16. The van der Waals surface area contributed by atoms with Crippen molar-refractivity contribution in [2.75, 3.05) is 0 Å². The molecular formula is C19H15FN2O3. The van der Waals surface area contributed by atoms with Crippen LogP contribution < -0.4 is 5.56 Å². The number of aromatic carboxylic acids is 1. The summed E-state index contributed by atoms with van der Waals surface area (Å²) in [6.45, 7) is 1.75. The number of carboxylic acids is 1. The number of aromatic nitrogens is 2. The lowest BCUT2D eigenvalue weighted by molar-refractivity contribution is 0.0693. The summed E-state index contributed by atoms with van der Waals surface area (Å²) in [6.07, 6.45) is 0. The SMILES string of the molecule is Cc1cc(-c2cc(C(=O)O)c(=O)n(Cc3ccccc3)n2)ccc1F. The van der Waals surface area contributed by atoms with Gasteiger partial charge in [-0.05, 0) is 42.3 Å². The normalized spacial score (nSPS) is 10.6. The monoisotopic (exact) mass is 338 g/mol. The van der Waals surface area contributed by atoms with Gasteiger partial charge in [0.25, 0.3) is 5.56 Å². The highest BCUT2D eigenvalue weighted by atomic mass is 19.1. The first-order valence-electron chi connectivity index (χ1n) is 7.61. The maximum Gasteiger partial charge on any atom is 0.341 e. The minimum absolute atomic E-state index is 0.147. The number of nitrogens with zero attached hydrogens (tertiary/aromatic N) is 2. The van der Waals surface area contributed by atoms with E-state index in [0.717, 1.165) is 10.2 Å². The molecule has 1 aromatic heterocycles. The smallest absolute Gasteiger partial charge is 0.341 e. The third kappa shape index (κ3) is 3.47. The first-order valence-corrected chi connectivity index (χ1v) is 7.61. The van der Waals surface area contributed by atoms with Crippen LogP contribution in [0.1, 0.15) is 21.5 Å². The van der Waals surface area contributed by atoms with Gasteiger partial charge in [-0.15, -0.1) is 0 Å². The fourth-order valence-electron chi connectivity index (χ4n) is 2.50. The molecule has 0 radical (unpaired) electrons. The minimum Gasteiger partial charge on any atom is -0.477 e. The molecule has 0 saturated heterocycles. The molecule has 25 heavy (non-hydrogen) atoms. The summed E-state index contributed by atoms with van der Waals surface area (Å²) < 4.78 is 14.6. The first kappa shape index (κ1) is 16.6. The molecule has 0 amide bonds. The second kappa shape index (κ2) is 6.68. The minimum atomic E-state index is -1.32. The van der Waals surface area contributed by atoms with E-state index in [1.807, 2.05) is 30.3 Å². The number of carbonyl (C=O) groups is 1. The summed E-state index contributed by atoms with van der Waals surface area (Å²) in [7, 11) is 0. The van der Waals surface area contributed by atoms with E-state index in [1.165, 1.54) is 18.2 Å². The largest absolute Gasteiger partial charge is 0.477 e. The number of hydrogen-bond donors (Lipinski definition) is 1. The van der Waals surface area contributed by atoms with E-state index in [1.54, 1.807) is 13.0 Å². The lowest BCUT2D eigenvalue weighted by atomic mass is 10.1. The molecule has 0 atom stereocenters. The molecule has 3 aromatic rings. The molecule has 126 valence electrons. The van der Waals surface area contributed by atoms with Crippen LogP contribution >= 0.6 is 0 Å². The highest BCUT2D eigenvalue weighted by molar-refractivity contribution is 5.88. The van der Waals surface area contributed by atoms with Gasteiger partial charge in [-0.1, -0.05) is 30.3 Å². The first-order chi connectivity index (χ1) is 12.0. The third-order valence-corrected chi connectivity index (χ3v) is 3.83. The molecule has 0 saturated carbocycles. The van der Waals surface area contributed by atoms with E-state index < -0.39 is 11.5 Å². The van der Waals surface area contributed by atoms with Crippen molar-refractivity contribution in [1.29, 1.82) is 0 Å². The zero-order valence-electron chi connectivity index (χ0n) is 13.4. The van der Waals surface area contributed by atoms with Gasteiger partial charge in [0.05, 0.1) is 12.2 Å². The van der Waals surface area contributed by atoms with Gasteiger partial charge in [0.1, 0.15) is 11.4 Å². The maximum atomic E-state index is 13.5.